The molecule has 0 aliphatic carbocycles. The van der Waals surface area contributed by atoms with Crippen LogP contribution in [0.2, 0.25) is 4.34 Å². The largest absolute Gasteiger partial charge is 0.325 e. The van der Waals surface area contributed by atoms with Crippen molar-refractivity contribution in [1.82, 2.24) is 14.1 Å². The molecule has 0 radical (unpaired) electrons. The summed E-state index contributed by atoms with van der Waals surface area (Å²) in [4.78, 5) is 16.9. The van der Waals surface area contributed by atoms with E-state index in [-0.39, 0.29) is 16.7 Å². The summed E-state index contributed by atoms with van der Waals surface area (Å²) in [6.07, 6.45) is 2.55. The van der Waals surface area contributed by atoms with Crippen LogP contribution < -0.4 is 5.32 Å². The van der Waals surface area contributed by atoms with Gasteiger partial charge >= 0.3 is 0 Å². The lowest BCUT2D eigenvalue weighted by atomic mass is 10.2. The molecule has 1 N–H and O–H groups in total. The Balaban J connectivity index is 1.23. The molecule has 2 fully saturated rings. The molecule has 1 amide bonds. The van der Waals surface area contributed by atoms with Crippen LogP contribution in [-0.2, 0) is 21.4 Å². The second-order valence-electron chi connectivity index (χ2n) is 7.97. The number of likely N-dealkylation sites (tertiary alicyclic amines) is 1. The fourth-order valence-electron chi connectivity index (χ4n) is 3.99. The van der Waals surface area contributed by atoms with Crippen molar-refractivity contribution in [2.24, 2.45) is 0 Å². The standard InChI is InChI=1S/C21H27ClN4O3S2/c22-19-7-8-21(30-19)31(28,29)26-13-11-25(12-14-26)16-20(27)23-18-5-3-17(4-6-18)15-24-9-1-2-10-24/h3-8H,1-2,9-16H2,(H,23,27). The van der Waals surface area contributed by atoms with Crippen LogP contribution in [0.4, 0.5) is 5.69 Å². The summed E-state index contributed by atoms with van der Waals surface area (Å²) in [5.41, 5.74) is 2.04. The number of nitrogens with one attached hydrogen (secondary N) is 1. The van der Waals surface area contributed by atoms with E-state index in [2.05, 4.69) is 22.3 Å². The average molecular weight is 483 g/mol. The molecule has 4 rings (SSSR count). The van der Waals surface area contributed by atoms with Gasteiger partial charge in [0.1, 0.15) is 4.21 Å². The van der Waals surface area contributed by atoms with Gasteiger partial charge in [0.25, 0.3) is 10.0 Å². The third-order valence-corrected chi connectivity index (χ3v) is 9.28. The molecular formula is C21H27ClN4O3S2. The second kappa shape index (κ2) is 9.97. The number of rotatable bonds is 7. The summed E-state index contributed by atoms with van der Waals surface area (Å²) < 4.78 is 27.5. The molecular weight excluding hydrogens is 456 g/mol. The van der Waals surface area contributed by atoms with Gasteiger partial charge in [-0.3, -0.25) is 14.6 Å². The van der Waals surface area contributed by atoms with E-state index in [0.717, 1.165) is 36.7 Å². The molecule has 10 heteroatoms. The summed E-state index contributed by atoms with van der Waals surface area (Å²) in [5.74, 6) is -0.0892. The molecule has 168 valence electrons. The lowest BCUT2D eigenvalue weighted by Gasteiger charge is -2.33. The molecule has 0 unspecified atom stereocenters. The number of thiophene rings is 1. The second-order valence-corrected chi connectivity index (χ2v) is 11.8. The first-order valence-electron chi connectivity index (χ1n) is 10.5. The highest BCUT2D eigenvalue weighted by Gasteiger charge is 2.30. The monoisotopic (exact) mass is 482 g/mol. The van der Waals surface area contributed by atoms with E-state index in [9.17, 15) is 13.2 Å². The normalized spacial score (nSPS) is 19.0. The molecule has 2 aliphatic rings. The Bertz CT molecular complexity index is 996. The molecule has 2 aliphatic heterocycles. The van der Waals surface area contributed by atoms with Crippen molar-refractivity contribution in [3.8, 4) is 0 Å². The molecule has 3 heterocycles. The van der Waals surface area contributed by atoms with E-state index >= 15 is 0 Å². The highest BCUT2D eigenvalue weighted by Crippen LogP contribution is 2.28. The number of sulfonamides is 1. The fraction of sp³-hybridized carbons (Fsp3) is 0.476. The average Bonchev–Trinajstić information content (AvgIpc) is 3.42. The van der Waals surface area contributed by atoms with Crippen LogP contribution in [0.3, 0.4) is 0 Å². The first-order valence-corrected chi connectivity index (χ1v) is 13.1. The van der Waals surface area contributed by atoms with Crippen molar-refractivity contribution >= 4 is 44.6 Å². The Hall–Kier alpha value is -1.49. The number of anilines is 1. The van der Waals surface area contributed by atoms with Gasteiger partial charge in [-0.1, -0.05) is 23.7 Å². The highest BCUT2D eigenvalue weighted by atomic mass is 35.5. The summed E-state index contributed by atoms with van der Waals surface area (Å²) >= 11 is 6.95. The first kappa shape index (κ1) is 22.7. The van der Waals surface area contributed by atoms with E-state index in [1.807, 2.05) is 17.0 Å². The molecule has 0 bridgehead atoms. The van der Waals surface area contributed by atoms with Gasteiger partial charge in [0.2, 0.25) is 5.91 Å². The van der Waals surface area contributed by atoms with E-state index < -0.39 is 10.0 Å². The van der Waals surface area contributed by atoms with Crippen LogP contribution in [0.15, 0.2) is 40.6 Å². The summed E-state index contributed by atoms with van der Waals surface area (Å²) in [6.45, 7) is 5.27. The summed E-state index contributed by atoms with van der Waals surface area (Å²) in [7, 11) is -3.52. The molecule has 2 aromatic rings. The summed E-state index contributed by atoms with van der Waals surface area (Å²) in [6, 6.07) is 11.2. The van der Waals surface area contributed by atoms with Gasteiger partial charge in [-0.2, -0.15) is 4.31 Å². The van der Waals surface area contributed by atoms with Crippen LogP contribution in [0, 0.1) is 0 Å². The minimum Gasteiger partial charge on any atom is -0.325 e. The zero-order valence-corrected chi connectivity index (χ0v) is 19.7. The number of halogens is 1. The van der Waals surface area contributed by atoms with Crippen molar-refractivity contribution in [3.05, 3.63) is 46.3 Å². The zero-order valence-electron chi connectivity index (χ0n) is 17.3. The predicted octanol–water partition coefficient (Wildman–Crippen LogP) is 2.94. The maximum Gasteiger partial charge on any atom is 0.252 e. The van der Waals surface area contributed by atoms with Crippen LogP contribution in [0.5, 0.6) is 0 Å². The van der Waals surface area contributed by atoms with Crippen LogP contribution in [0.25, 0.3) is 0 Å². The van der Waals surface area contributed by atoms with Gasteiger partial charge in [0.15, 0.2) is 0 Å². The molecule has 7 nitrogen and oxygen atoms in total. The Morgan fingerprint density at radius 2 is 1.61 bits per heavy atom. The fourth-order valence-corrected chi connectivity index (χ4v) is 7.05. The van der Waals surface area contributed by atoms with E-state index in [1.165, 1.54) is 22.7 Å². The molecule has 0 atom stereocenters. The Morgan fingerprint density at radius 3 is 2.23 bits per heavy atom. The van der Waals surface area contributed by atoms with Crippen LogP contribution in [-0.4, -0.2) is 74.2 Å². The lowest BCUT2D eigenvalue weighted by Crippen LogP contribution is -2.50. The molecule has 1 aromatic carbocycles. The lowest BCUT2D eigenvalue weighted by molar-refractivity contribution is -0.117. The van der Waals surface area contributed by atoms with E-state index in [0.29, 0.717) is 30.5 Å². The van der Waals surface area contributed by atoms with Gasteiger partial charge in [-0.15, -0.1) is 11.3 Å². The number of carbonyl (C=O) groups excluding carboxylic acids is 1. The minimum absolute atomic E-state index is 0.0892. The summed E-state index contributed by atoms with van der Waals surface area (Å²) in [5, 5.41) is 2.94. The van der Waals surface area contributed by atoms with E-state index in [4.69, 9.17) is 11.6 Å². The number of hydrogen-bond acceptors (Lipinski definition) is 6. The zero-order chi connectivity index (χ0) is 21.8. The Labute approximate surface area is 192 Å². The maximum absolute atomic E-state index is 12.7. The van der Waals surface area contributed by atoms with Crippen molar-refractivity contribution < 1.29 is 13.2 Å². The number of nitrogens with zero attached hydrogens (tertiary/aromatic N) is 3. The van der Waals surface area contributed by atoms with Crippen molar-refractivity contribution in [1.29, 1.82) is 0 Å². The quantitative estimate of drug-likeness (QED) is 0.656. The van der Waals surface area contributed by atoms with Gasteiger partial charge < -0.3 is 5.32 Å². The number of piperazine rings is 1. The number of amides is 1. The molecule has 0 spiro atoms. The van der Waals surface area contributed by atoms with Crippen molar-refractivity contribution in [3.63, 3.8) is 0 Å². The molecule has 31 heavy (non-hydrogen) atoms. The van der Waals surface area contributed by atoms with Gasteiger partial charge in [0.05, 0.1) is 10.9 Å². The van der Waals surface area contributed by atoms with Crippen molar-refractivity contribution in [2.75, 3.05) is 51.1 Å². The first-order chi connectivity index (χ1) is 14.9. The Kier molecular flexibility index (Phi) is 7.30. The number of hydrogen-bond donors (Lipinski definition) is 1. The SMILES string of the molecule is O=C(CN1CCN(S(=O)(=O)c2ccc(Cl)s2)CC1)Nc1ccc(CN2CCCC2)cc1. The predicted molar refractivity (Wildman–Crippen MR) is 124 cm³/mol. The Morgan fingerprint density at radius 1 is 0.935 bits per heavy atom. The topological polar surface area (TPSA) is 73.0 Å². The van der Waals surface area contributed by atoms with Crippen LogP contribution in [0.1, 0.15) is 18.4 Å². The smallest absolute Gasteiger partial charge is 0.252 e. The van der Waals surface area contributed by atoms with E-state index in [1.54, 1.807) is 12.1 Å². The molecule has 1 aromatic heterocycles. The molecule has 0 saturated carbocycles. The van der Waals surface area contributed by atoms with Crippen LogP contribution >= 0.6 is 22.9 Å². The van der Waals surface area contributed by atoms with Gasteiger partial charge in [-0.05, 0) is 55.8 Å². The highest BCUT2D eigenvalue weighted by molar-refractivity contribution is 7.91. The number of benzene rings is 1. The van der Waals surface area contributed by atoms with Gasteiger partial charge in [0, 0.05) is 38.4 Å². The third kappa shape index (κ3) is 5.85. The maximum atomic E-state index is 12.7. The number of carbonyl (C=O) groups is 1. The van der Waals surface area contributed by atoms with Crippen molar-refractivity contribution in [2.45, 2.75) is 23.6 Å². The molecule has 2 saturated heterocycles. The third-order valence-electron chi connectivity index (χ3n) is 5.68. The van der Waals surface area contributed by atoms with Gasteiger partial charge in [-0.25, -0.2) is 8.42 Å². The minimum atomic E-state index is -3.52.